The Balaban J connectivity index is 2.54. The average molecular weight is 217 g/mol. The lowest BCUT2D eigenvalue weighted by molar-refractivity contribution is 0.0956. The van der Waals surface area contributed by atoms with E-state index < -0.39 is 0 Å². The molecule has 0 unspecified atom stereocenters. The van der Waals surface area contributed by atoms with Crippen LogP contribution in [-0.4, -0.2) is 17.4 Å². The fourth-order valence-corrected chi connectivity index (χ4v) is 1.53. The molecule has 1 N–H and O–H groups in total. The van der Waals surface area contributed by atoms with Crippen LogP contribution < -0.4 is 5.32 Å². The van der Waals surface area contributed by atoms with Gasteiger partial charge in [-0.3, -0.25) is 4.79 Å². The van der Waals surface area contributed by atoms with Crippen molar-refractivity contribution in [1.29, 1.82) is 0 Å². The Morgan fingerprint density at radius 1 is 1.85 bits per heavy atom. The van der Waals surface area contributed by atoms with Gasteiger partial charge in [0.15, 0.2) is 5.01 Å². The van der Waals surface area contributed by atoms with Crippen LogP contribution in [0.1, 0.15) is 16.7 Å². The SMILES string of the molecule is C=C(C)CNC(=O)c1nc(Cl)cs1. The summed E-state index contributed by atoms with van der Waals surface area (Å²) in [5.74, 6) is -0.208. The summed E-state index contributed by atoms with van der Waals surface area (Å²) in [5.41, 5.74) is 0.899. The molecule has 1 amide bonds. The molecule has 70 valence electrons. The van der Waals surface area contributed by atoms with Crippen LogP contribution in [0.5, 0.6) is 0 Å². The van der Waals surface area contributed by atoms with Crippen molar-refractivity contribution in [1.82, 2.24) is 10.3 Å². The standard InChI is InChI=1S/C8H9ClN2OS/c1-5(2)3-10-7(12)8-11-6(9)4-13-8/h4H,1,3H2,2H3,(H,10,12). The van der Waals surface area contributed by atoms with Gasteiger partial charge in [0.1, 0.15) is 5.15 Å². The molecule has 0 atom stereocenters. The van der Waals surface area contributed by atoms with E-state index >= 15 is 0 Å². The van der Waals surface area contributed by atoms with Crippen LogP contribution in [0.25, 0.3) is 0 Å². The highest BCUT2D eigenvalue weighted by atomic mass is 35.5. The van der Waals surface area contributed by atoms with Crippen LogP contribution in [0.3, 0.4) is 0 Å². The van der Waals surface area contributed by atoms with Gasteiger partial charge >= 0.3 is 0 Å². The first-order valence-corrected chi connectivity index (χ1v) is 4.89. The Morgan fingerprint density at radius 2 is 2.54 bits per heavy atom. The van der Waals surface area contributed by atoms with E-state index in [0.717, 1.165) is 5.57 Å². The fourth-order valence-electron chi connectivity index (χ4n) is 0.665. The van der Waals surface area contributed by atoms with Crippen LogP contribution in [0.15, 0.2) is 17.5 Å². The molecular formula is C8H9ClN2OS. The predicted molar refractivity (Wildman–Crippen MR) is 54.3 cm³/mol. The lowest BCUT2D eigenvalue weighted by Gasteiger charge is -2.00. The molecule has 0 spiro atoms. The molecule has 0 aromatic carbocycles. The van der Waals surface area contributed by atoms with Crippen molar-refractivity contribution in [2.45, 2.75) is 6.92 Å². The largest absolute Gasteiger partial charge is 0.346 e. The molecule has 0 saturated carbocycles. The summed E-state index contributed by atoms with van der Waals surface area (Å²) in [7, 11) is 0. The first-order valence-electron chi connectivity index (χ1n) is 3.63. The van der Waals surface area contributed by atoms with Gasteiger partial charge in [-0.15, -0.1) is 11.3 Å². The molecule has 1 aromatic heterocycles. The van der Waals surface area contributed by atoms with E-state index in [2.05, 4.69) is 16.9 Å². The summed E-state index contributed by atoms with van der Waals surface area (Å²) in [4.78, 5) is 15.1. The second-order valence-corrected chi connectivity index (χ2v) is 3.86. The van der Waals surface area contributed by atoms with Gasteiger partial charge in [0.25, 0.3) is 5.91 Å². The Kier molecular flexibility index (Phi) is 3.45. The van der Waals surface area contributed by atoms with E-state index in [0.29, 0.717) is 16.7 Å². The number of halogens is 1. The highest BCUT2D eigenvalue weighted by Gasteiger charge is 2.08. The van der Waals surface area contributed by atoms with E-state index in [4.69, 9.17) is 11.6 Å². The number of hydrogen-bond acceptors (Lipinski definition) is 3. The van der Waals surface area contributed by atoms with Crippen molar-refractivity contribution in [2.24, 2.45) is 0 Å². The van der Waals surface area contributed by atoms with Gasteiger partial charge < -0.3 is 5.32 Å². The molecule has 1 aromatic rings. The fraction of sp³-hybridized carbons (Fsp3) is 0.250. The van der Waals surface area contributed by atoms with Gasteiger partial charge in [-0.1, -0.05) is 23.8 Å². The molecule has 0 aliphatic carbocycles. The summed E-state index contributed by atoms with van der Waals surface area (Å²) in [6, 6.07) is 0. The number of carbonyl (C=O) groups is 1. The Bertz CT molecular complexity index is 335. The van der Waals surface area contributed by atoms with Crippen molar-refractivity contribution in [3.63, 3.8) is 0 Å². The van der Waals surface area contributed by atoms with Crippen molar-refractivity contribution >= 4 is 28.8 Å². The number of aromatic nitrogens is 1. The Hall–Kier alpha value is -0.870. The normalized spacial score (nSPS) is 9.69. The van der Waals surface area contributed by atoms with E-state index in [-0.39, 0.29) is 5.91 Å². The summed E-state index contributed by atoms with van der Waals surface area (Å²) in [6.45, 7) is 5.98. The first kappa shape index (κ1) is 10.2. The molecule has 0 fully saturated rings. The minimum absolute atomic E-state index is 0.208. The van der Waals surface area contributed by atoms with E-state index in [1.807, 2.05) is 6.92 Å². The van der Waals surface area contributed by atoms with E-state index in [1.165, 1.54) is 11.3 Å². The lowest BCUT2D eigenvalue weighted by Crippen LogP contribution is -2.24. The zero-order valence-corrected chi connectivity index (χ0v) is 8.71. The van der Waals surface area contributed by atoms with E-state index in [9.17, 15) is 4.79 Å². The summed E-state index contributed by atoms with van der Waals surface area (Å²) in [5, 5.41) is 5.02. The maximum absolute atomic E-state index is 11.3. The molecule has 1 rings (SSSR count). The third-order valence-electron chi connectivity index (χ3n) is 1.22. The van der Waals surface area contributed by atoms with Crippen molar-refractivity contribution in [3.8, 4) is 0 Å². The van der Waals surface area contributed by atoms with Gasteiger partial charge in [0, 0.05) is 11.9 Å². The number of nitrogens with zero attached hydrogens (tertiary/aromatic N) is 1. The Morgan fingerprint density at radius 3 is 3.00 bits per heavy atom. The van der Waals surface area contributed by atoms with Crippen LogP contribution in [0, 0.1) is 0 Å². The molecule has 13 heavy (non-hydrogen) atoms. The molecule has 5 heteroatoms. The molecule has 1 heterocycles. The van der Waals surface area contributed by atoms with Gasteiger partial charge in [-0.05, 0) is 6.92 Å². The molecule has 0 aliphatic rings. The highest BCUT2D eigenvalue weighted by Crippen LogP contribution is 2.13. The third kappa shape index (κ3) is 3.16. The lowest BCUT2D eigenvalue weighted by atomic mass is 10.3. The van der Waals surface area contributed by atoms with Gasteiger partial charge in [0.2, 0.25) is 0 Å². The van der Waals surface area contributed by atoms with Gasteiger partial charge in [-0.25, -0.2) is 4.98 Å². The van der Waals surface area contributed by atoms with E-state index in [1.54, 1.807) is 5.38 Å². The third-order valence-corrected chi connectivity index (χ3v) is 2.39. The number of rotatable bonds is 3. The molecule has 0 saturated heterocycles. The molecule has 0 aliphatic heterocycles. The maximum Gasteiger partial charge on any atom is 0.280 e. The monoisotopic (exact) mass is 216 g/mol. The minimum Gasteiger partial charge on any atom is -0.346 e. The second-order valence-electron chi connectivity index (χ2n) is 2.62. The molecule has 3 nitrogen and oxygen atoms in total. The Labute approximate surface area is 85.4 Å². The number of carbonyl (C=O) groups excluding carboxylic acids is 1. The average Bonchev–Trinajstić information content (AvgIpc) is 2.47. The van der Waals surface area contributed by atoms with Crippen LogP contribution in [-0.2, 0) is 0 Å². The van der Waals surface area contributed by atoms with Crippen molar-refractivity contribution in [3.05, 3.63) is 27.7 Å². The van der Waals surface area contributed by atoms with Crippen molar-refractivity contribution in [2.75, 3.05) is 6.54 Å². The predicted octanol–water partition coefficient (Wildman–Crippen LogP) is 2.10. The molecular weight excluding hydrogens is 208 g/mol. The minimum atomic E-state index is -0.208. The molecule has 0 bridgehead atoms. The van der Waals surface area contributed by atoms with Gasteiger partial charge in [-0.2, -0.15) is 0 Å². The number of thiazole rings is 1. The maximum atomic E-state index is 11.3. The first-order chi connectivity index (χ1) is 6.09. The zero-order chi connectivity index (χ0) is 9.84. The van der Waals surface area contributed by atoms with Crippen LogP contribution in [0.2, 0.25) is 5.15 Å². The highest BCUT2D eigenvalue weighted by molar-refractivity contribution is 7.12. The number of amides is 1. The summed E-state index contributed by atoms with van der Waals surface area (Å²) < 4.78 is 0. The smallest absolute Gasteiger partial charge is 0.280 e. The summed E-state index contributed by atoms with van der Waals surface area (Å²) >= 11 is 6.79. The quantitative estimate of drug-likeness (QED) is 0.787. The van der Waals surface area contributed by atoms with Crippen LogP contribution in [0.4, 0.5) is 0 Å². The van der Waals surface area contributed by atoms with Crippen molar-refractivity contribution < 1.29 is 4.79 Å². The second kappa shape index (κ2) is 4.39. The van der Waals surface area contributed by atoms with Gasteiger partial charge in [0.05, 0.1) is 0 Å². The summed E-state index contributed by atoms with van der Waals surface area (Å²) in [6.07, 6.45) is 0. The molecule has 0 radical (unpaired) electrons. The zero-order valence-electron chi connectivity index (χ0n) is 7.13. The number of nitrogens with one attached hydrogen (secondary N) is 1. The topological polar surface area (TPSA) is 42.0 Å². The number of hydrogen-bond donors (Lipinski definition) is 1. The van der Waals surface area contributed by atoms with Crippen LogP contribution >= 0.6 is 22.9 Å².